The molecule has 0 fully saturated rings. The van der Waals surface area contributed by atoms with Crippen LogP contribution < -0.4 is 0 Å². The number of hydrogen-bond acceptors (Lipinski definition) is 1. The molecule has 144 valence electrons. The van der Waals surface area contributed by atoms with E-state index in [0.29, 0.717) is 11.8 Å². The Morgan fingerprint density at radius 1 is 0.889 bits per heavy atom. The first kappa shape index (κ1) is 19.7. The number of fused-ring (bicyclic) bond motifs is 1. The Kier molecular flexibility index (Phi) is 6.71. The maximum absolute atomic E-state index is 5.02. The summed E-state index contributed by atoms with van der Waals surface area (Å²) < 4.78 is 2.46. The number of nitrogens with zero attached hydrogens (tertiary/aromatic N) is 2. The van der Waals surface area contributed by atoms with Gasteiger partial charge in [0.25, 0.3) is 0 Å². The van der Waals surface area contributed by atoms with Crippen LogP contribution in [-0.4, -0.2) is 9.55 Å². The van der Waals surface area contributed by atoms with Gasteiger partial charge in [-0.1, -0.05) is 83.4 Å². The Labute approximate surface area is 164 Å². The fourth-order valence-electron chi connectivity index (χ4n) is 3.92. The zero-order chi connectivity index (χ0) is 19.2. The first-order chi connectivity index (χ1) is 13.1. The van der Waals surface area contributed by atoms with Gasteiger partial charge in [0.15, 0.2) is 0 Å². The highest BCUT2D eigenvalue weighted by atomic mass is 15.1. The molecule has 0 saturated heterocycles. The second kappa shape index (κ2) is 9.21. The molecule has 2 aromatic carbocycles. The average molecular weight is 363 g/mol. The summed E-state index contributed by atoms with van der Waals surface area (Å²) in [5, 5.41) is 0. The molecule has 0 aliphatic carbocycles. The highest BCUT2D eigenvalue weighted by Gasteiger charge is 2.18. The molecule has 1 heterocycles. The number of para-hydroxylation sites is 2. The summed E-state index contributed by atoms with van der Waals surface area (Å²) in [7, 11) is 0. The van der Waals surface area contributed by atoms with E-state index in [1.165, 1.54) is 48.2 Å². The predicted octanol–water partition coefficient (Wildman–Crippen LogP) is 6.97. The van der Waals surface area contributed by atoms with Crippen LogP contribution in [0.5, 0.6) is 0 Å². The minimum absolute atomic E-state index is 0.302. The Hall–Kier alpha value is -2.09. The molecule has 1 atom stereocenters. The summed E-state index contributed by atoms with van der Waals surface area (Å²) in [6.45, 7) is 10.2. The molecule has 1 aromatic heterocycles. The lowest BCUT2D eigenvalue weighted by Crippen LogP contribution is -2.09. The second-order valence-corrected chi connectivity index (χ2v) is 8.23. The van der Waals surface area contributed by atoms with E-state index in [-0.39, 0.29) is 0 Å². The molecule has 2 nitrogen and oxygen atoms in total. The molecular formula is C25H34N2. The van der Waals surface area contributed by atoms with Crippen molar-refractivity contribution in [1.82, 2.24) is 9.55 Å². The molecule has 0 N–H and O–H groups in total. The van der Waals surface area contributed by atoms with Crippen molar-refractivity contribution in [1.29, 1.82) is 0 Å². The number of aryl methyl sites for hydroxylation is 1. The summed E-state index contributed by atoms with van der Waals surface area (Å²) in [5.41, 5.74) is 5.17. The van der Waals surface area contributed by atoms with Gasteiger partial charge in [0, 0.05) is 12.5 Å². The molecule has 0 saturated carbocycles. The number of benzene rings is 2. The van der Waals surface area contributed by atoms with E-state index in [2.05, 4.69) is 80.8 Å². The Morgan fingerprint density at radius 2 is 1.63 bits per heavy atom. The minimum Gasteiger partial charge on any atom is -0.327 e. The van der Waals surface area contributed by atoms with Gasteiger partial charge in [0.05, 0.1) is 11.0 Å². The fraction of sp³-hybridized carbons (Fsp3) is 0.480. The lowest BCUT2D eigenvalue weighted by molar-refractivity contribution is 0.567. The summed E-state index contributed by atoms with van der Waals surface area (Å²) in [5.74, 6) is 2.20. The molecule has 0 spiro atoms. The van der Waals surface area contributed by atoms with Crippen LogP contribution >= 0.6 is 0 Å². The first-order valence-electron chi connectivity index (χ1n) is 10.6. The van der Waals surface area contributed by atoms with Crippen molar-refractivity contribution in [3.8, 4) is 0 Å². The number of hydrogen-bond donors (Lipinski definition) is 0. The minimum atomic E-state index is 0.302. The predicted molar refractivity (Wildman–Crippen MR) is 116 cm³/mol. The van der Waals surface area contributed by atoms with Crippen LogP contribution in [0.1, 0.15) is 76.2 Å². The Bertz CT molecular complexity index is 842. The van der Waals surface area contributed by atoms with E-state index >= 15 is 0 Å². The number of aromatic nitrogens is 2. The molecule has 0 bridgehead atoms. The zero-order valence-electron chi connectivity index (χ0n) is 17.4. The van der Waals surface area contributed by atoms with E-state index < -0.39 is 0 Å². The molecule has 0 aliphatic heterocycles. The first-order valence-corrected chi connectivity index (χ1v) is 10.6. The molecule has 27 heavy (non-hydrogen) atoms. The van der Waals surface area contributed by atoms with Gasteiger partial charge in [0.1, 0.15) is 5.82 Å². The topological polar surface area (TPSA) is 17.8 Å². The maximum atomic E-state index is 5.02. The van der Waals surface area contributed by atoms with Crippen molar-refractivity contribution in [2.45, 2.75) is 72.3 Å². The third-order valence-corrected chi connectivity index (χ3v) is 5.43. The lowest BCUT2D eigenvalue weighted by Gasteiger charge is -2.16. The third kappa shape index (κ3) is 4.80. The van der Waals surface area contributed by atoms with Crippen LogP contribution in [0.2, 0.25) is 0 Å². The van der Waals surface area contributed by atoms with E-state index in [1.807, 2.05) is 0 Å². The van der Waals surface area contributed by atoms with E-state index in [0.717, 1.165) is 18.5 Å². The van der Waals surface area contributed by atoms with Crippen LogP contribution in [0.15, 0.2) is 48.5 Å². The van der Waals surface area contributed by atoms with Crippen molar-refractivity contribution < 1.29 is 0 Å². The SMILES string of the molecule is CCCCCCn1c(C(C)c2ccc(CC(C)C)cc2)nc2ccccc21. The zero-order valence-corrected chi connectivity index (χ0v) is 17.4. The smallest absolute Gasteiger partial charge is 0.117 e. The van der Waals surface area contributed by atoms with Gasteiger partial charge in [-0.2, -0.15) is 0 Å². The van der Waals surface area contributed by atoms with E-state index in [4.69, 9.17) is 4.98 Å². The van der Waals surface area contributed by atoms with E-state index in [9.17, 15) is 0 Å². The molecular weight excluding hydrogens is 328 g/mol. The van der Waals surface area contributed by atoms with Crippen LogP contribution in [-0.2, 0) is 13.0 Å². The van der Waals surface area contributed by atoms with Crippen LogP contribution in [0, 0.1) is 5.92 Å². The van der Waals surface area contributed by atoms with Gasteiger partial charge in [-0.25, -0.2) is 4.98 Å². The van der Waals surface area contributed by atoms with Crippen molar-refractivity contribution in [3.05, 3.63) is 65.5 Å². The van der Waals surface area contributed by atoms with Crippen LogP contribution in [0.25, 0.3) is 11.0 Å². The van der Waals surface area contributed by atoms with Crippen molar-refractivity contribution in [2.24, 2.45) is 5.92 Å². The highest BCUT2D eigenvalue weighted by Crippen LogP contribution is 2.28. The number of unbranched alkanes of at least 4 members (excludes halogenated alkanes) is 3. The third-order valence-electron chi connectivity index (χ3n) is 5.43. The summed E-state index contributed by atoms with van der Waals surface area (Å²) in [4.78, 5) is 5.02. The van der Waals surface area contributed by atoms with Gasteiger partial charge in [-0.05, 0) is 42.0 Å². The summed E-state index contributed by atoms with van der Waals surface area (Å²) >= 11 is 0. The molecule has 0 radical (unpaired) electrons. The normalized spacial score (nSPS) is 12.8. The summed E-state index contributed by atoms with van der Waals surface area (Å²) in [6.07, 6.45) is 6.25. The van der Waals surface area contributed by atoms with Crippen molar-refractivity contribution in [2.75, 3.05) is 0 Å². The molecule has 3 rings (SSSR count). The average Bonchev–Trinajstić information content (AvgIpc) is 3.03. The Morgan fingerprint density at radius 3 is 2.33 bits per heavy atom. The molecule has 0 amide bonds. The van der Waals surface area contributed by atoms with Crippen LogP contribution in [0.3, 0.4) is 0 Å². The van der Waals surface area contributed by atoms with Gasteiger partial charge >= 0.3 is 0 Å². The lowest BCUT2D eigenvalue weighted by atomic mass is 9.96. The molecule has 2 heteroatoms. The standard InChI is InChI=1S/C25H34N2/c1-5-6-7-10-17-27-24-12-9-8-11-23(24)26-25(27)20(4)22-15-13-21(14-16-22)18-19(2)3/h8-9,11-16,19-20H,5-7,10,17-18H2,1-4H3. The van der Waals surface area contributed by atoms with Crippen molar-refractivity contribution >= 4 is 11.0 Å². The van der Waals surface area contributed by atoms with Gasteiger partial charge in [0.2, 0.25) is 0 Å². The largest absolute Gasteiger partial charge is 0.327 e. The fourth-order valence-corrected chi connectivity index (χ4v) is 3.92. The maximum Gasteiger partial charge on any atom is 0.117 e. The molecule has 0 aliphatic rings. The molecule has 3 aromatic rings. The monoisotopic (exact) mass is 362 g/mol. The number of imidazole rings is 1. The quantitative estimate of drug-likeness (QED) is 0.376. The van der Waals surface area contributed by atoms with Gasteiger partial charge in [-0.3, -0.25) is 0 Å². The van der Waals surface area contributed by atoms with Crippen LogP contribution in [0.4, 0.5) is 0 Å². The van der Waals surface area contributed by atoms with E-state index in [1.54, 1.807) is 0 Å². The number of rotatable bonds is 9. The highest BCUT2D eigenvalue weighted by molar-refractivity contribution is 5.76. The summed E-state index contributed by atoms with van der Waals surface area (Å²) in [6, 6.07) is 17.7. The van der Waals surface area contributed by atoms with Gasteiger partial charge < -0.3 is 4.57 Å². The molecule has 1 unspecified atom stereocenters. The van der Waals surface area contributed by atoms with Gasteiger partial charge in [-0.15, -0.1) is 0 Å². The second-order valence-electron chi connectivity index (χ2n) is 8.23. The van der Waals surface area contributed by atoms with Crippen molar-refractivity contribution in [3.63, 3.8) is 0 Å². The Balaban J connectivity index is 1.87.